The third kappa shape index (κ3) is 6.40. The minimum atomic E-state index is -0.488. The van der Waals surface area contributed by atoms with Crippen LogP contribution in [0.25, 0.3) is 0 Å². The van der Waals surface area contributed by atoms with E-state index in [1.807, 2.05) is 63.4 Å². The van der Waals surface area contributed by atoms with Gasteiger partial charge in [0.05, 0.1) is 17.8 Å². The summed E-state index contributed by atoms with van der Waals surface area (Å²) in [6, 6.07) is 11.4. The van der Waals surface area contributed by atoms with E-state index in [1.54, 1.807) is 11.1 Å². The largest absolute Gasteiger partial charge is 0.490 e. The predicted molar refractivity (Wildman–Crippen MR) is 131 cm³/mol. The van der Waals surface area contributed by atoms with E-state index in [4.69, 9.17) is 9.47 Å². The Morgan fingerprint density at radius 3 is 2.41 bits per heavy atom. The number of nitrogens with zero attached hydrogens (tertiary/aromatic N) is 3. The normalized spacial score (nSPS) is 19.1. The number of carbonyl (C=O) groups excluding carboxylic acids is 2. The van der Waals surface area contributed by atoms with Gasteiger partial charge in [0.25, 0.3) is 0 Å². The maximum absolute atomic E-state index is 12.7. The SMILES string of the molecule is CC(C)(C)OC(=O)N1CCC(Oc2ccc(NC(=O)[C@@H]3CCN(c4cccnc4)C3)cc2)CC1. The van der Waals surface area contributed by atoms with E-state index in [2.05, 4.69) is 15.2 Å². The molecule has 2 amide bonds. The summed E-state index contributed by atoms with van der Waals surface area (Å²) in [6.45, 7) is 8.40. The first-order valence-corrected chi connectivity index (χ1v) is 12.0. The van der Waals surface area contributed by atoms with Crippen molar-refractivity contribution < 1.29 is 19.1 Å². The van der Waals surface area contributed by atoms with E-state index >= 15 is 0 Å². The molecule has 182 valence electrons. The van der Waals surface area contributed by atoms with Crippen LogP contribution < -0.4 is 15.0 Å². The summed E-state index contributed by atoms with van der Waals surface area (Å²) in [5.74, 6) is 0.748. The number of hydrogen-bond donors (Lipinski definition) is 1. The second-order valence-electron chi connectivity index (χ2n) is 9.94. The quantitative estimate of drug-likeness (QED) is 0.706. The molecule has 0 radical (unpaired) electrons. The Kier molecular flexibility index (Phi) is 7.24. The number of nitrogens with one attached hydrogen (secondary N) is 1. The van der Waals surface area contributed by atoms with Crippen LogP contribution in [-0.4, -0.2) is 59.8 Å². The first-order valence-electron chi connectivity index (χ1n) is 12.0. The van der Waals surface area contributed by atoms with Crippen LogP contribution in [0.1, 0.15) is 40.0 Å². The van der Waals surface area contributed by atoms with Crippen molar-refractivity contribution in [3.8, 4) is 5.75 Å². The molecule has 2 aliphatic heterocycles. The van der Waals surface area contributed by atoms with Gasteiger partial charge in [0.2, 0.25) is 5.91 Å². The summed E-state index contributed by atoms with van der Waals surface area (Å²) in [5, 5.41) is 3.03. The van der Waals surface area contributed by atoms with Crippen LogP contribution in [0, 0.1) is 5.92 Å². The van der Waals surface area contributed by atoms with E-state index in [0.717, 1.165) is 42.9 Å². The van der Waals surface area contributed by atoms with Gasteiger partial charge in [-0.3, -0.25) is 9.78 Å². The number of rotatable bonds is 5. The van der Waals surface area contributed by atoms with Gasteiger partial charge in [0.1, 0.15) is 17.5 Å². The van der Waals surface area contributed by atoms with Crippen LogP contribution in [0.3, 0.4) is 0 Å². The fraction of sp³-hybridized carbons (Fsp3) is 0.500. The molecule has 0 unspecified atom stereocenters. The van der Waals surface area contributed by atoms with Crippen LogP contribution in [-0.2, 0) is 9.53 Å². The fourth-order valence-electron chi connectivity index (χ4n) is 4.29. The van der Waals surface area contributed by atoms with Crippen molar-refractivity contribution >= 4 is 23.4 Å². The highest BCUT2D eigenvalue weighted by Gasteiger charge is 2.29. The summed E-state index contributed by atoms with van der Waals surface area (Å²) < 4.78 is 11.5. The Morgan fingerprint density at radius 1 is 1.03 bits per heavy atom. The lowest BCUT2D eigenvalue weighted by Crippen LogP contribution is -2.44. The van der Waals surface area contributed by atoms with Gasteiger partial charge in [0.15, 0.2) is 0 Å². The first kappa shape index (κ1) is 23.9. The molecule has 8 heteroatoms. The molecule has 0 saturated carbocycles. The summed E-state index contributed by atoms with van der Waals surface area (Å²) in [6.07, 6.45) is 5.71. The number of benzene rings is 1. The van der Waals surface area contributed by atoms with Crippen molar-refractivity contribution in [1.29, 1.82) is 0 Å². The molecular formula is C26H34N4O4. The van der Waals surface area contributed by atoms with Gasteiger partial charge in [0, 0.05) is 50.9 Å². The molecular weight excluding hydrogens is 432 g/mol. The molecule has 8 nitrogen and oxygen atoms in total. The third-order valence-corrected chi connectivity index (χ3v) is 6.09. The van der Waals surface area contributed by atoms with E-state index in [9.17, 15) is 9.59 Å². The van der Waals surface area contributed by atoms with Crippen molar-refractivity contribution in [1.82, 2.24) is 9.88 Å². The fourth-order valence-corrected chi connectivity index (χ4v) is 4.29. The number of likely N-dealkylation sites (tertiary alicyclic amines) is 1. The molecule has 2 fully saturated rings. The van der Waals surface area contributed by atoms with Crippen molar-refractivity contribution in [2.75, 3.05) is 36.4 Å². The second kappa shape index (κ2) is 10.3. The highest BCUT2D eigenvalue weighted by atomic mass is 16.6. The smallest absolute Gasteiger partial charge is 0.410 e. The van der Waals surface area contributed by atoms with Gasteiger partial charge in [-0.25, -0.2) is 4.79 Å². The number of aromatic nitrogens is 1. The average Bonchev–Trinajstić information content (AvgIpc) is 3.31. The Hall–Kier alpha value is -3.29. The average molecular weight is 467 g/mol. The molecule has 2 saturated heterocycles. The summed E-state index contributed by atoms with van der Waals surface area (Å²) >= 11 is 0. The number of carbonyl (C=O) groups is 2. The molecule has 1 atom stereocenters. The minimum Gasteiger partial charge on any atom is -0.490 e. The predicted octanol–water partition coefficient (Wildman–Crippen LogP) is 4.32. The van der Waals surface area contributed by atoms with Gasteiger partial charge in [-0.15, -0.1) is 0 Å². The van der Waals surface area contributed by atoms with E-state index in [-0.39, 0.29) is 24.0 Å². The van der Waals surface area contributed by atoms with Crippen LogP contribution in [0.15, 0.2) is 48.8 Å². The molecule has 0 spiro atoms. The Labute approximate surface area is 201 Å². The van der Waals surface area contributed by atoms with E-state index in [1.165, 1.54) is 0 Å². The van der Waals surface area contributed by atoms with Crippen molar-refractivity contribution in [3.05, 3.63) is 48.8 Å². The molecule has 2 aliphatic rings. The Balaban J connectivity index is 1.22. The van der Waals surface area contributed by atoms with Crippen molar-refractivity contribution in [3.63, 3.8) is 0 Å². The summed E-state index contributed by atoms with van der Waals surface area (Å²) in [5.41, 5.74) is 1.33. The molecule has 1 N–H and O–H groups in total. The molecule has 1 aromatic heterocycles. The summed E-state index contributed by atoms with van der Waals surface area (Å²) in [7, 11) is 0. The van der Waals surface area contributed by atoms with Gasteiger partial charge in [-0.05, 0) is 63.6 Å². The molecule has 2 aromatic rings. The number of piperidine rings is 1. The molecule has 0 bridgehead atoms. The van der Waals surface area contributed by atoms with Crippen LogP contribution in [0.5, 0.6) is 5.75 Å². The van der Waals surface area contributed by atoms with Gasteiger partial charge < -0.3 is 24.6 Å². The van der Waals surface area contributed by atoms with Crippen molar-refractivity contribution in [2.24, 2.45) is 5.92 Å². The molecule has 1 aromatic carbocycles. The minimum absolute atomic E-state index is 0.0366. The maximum atomic E-state index is 12.7. The van der Waals surface area contributed by atoms with Crippen molar-refractivity contribution in [2.45, 2.75) is 51.7 Å². The number of pyridine rings is 1. The van der Waals surface area contributed by atoms with Crippen LogP contribution in [0.4, 0.5) is 16.2 Å². The maximum Gasteiger partial charge on any atom is 0.410 e. The Bertz CT molecular complexity index is 967. The third-order valence-electron chi connectivity index (χ3n) is 6.09. The molecule has 4 rings (SSSR count). The van der Waals surface area contributed by atoms with E-state index < -0.39 is 5.60 Å². The summed E-state index contributed by atoms with van der Waals surface area (Å²) in [4.78, 5) is 33.1. The first-order chi connectivity index (χ1) is 16.3. The van der Waals surface area contributed by atoms with Crippen LogP contribution >= 0.6 is 0 Å². The number of anilines is 2. The lowest BCUT2D eigenvalue weighted by atomic mass is 10.1. The van der Waals surface area contributed by atoms with Gasteiger partial charge in [-0.2, -0.15) is 0 Å². The topological polar surface area (TPSA) is 84.0 Å². The van der Waals surface area contributed by atoms with Gasteiger partial charge in [-0.1, -0.05) is 0 Å². The molecule has 3 heterocycles. The zero-order valence-corrected chi connectivity index (χ0v) is 20.2. The highest BCUT2D eigenvalue weighted by Crippen LogP contribution is 2.25. The second-order valence-corrected chi connectivity index (χ2v) is 9.94. The monoisotopic (exact) mass is 466 g/mol. The highest BCUT2D eigenvalue weighted by molar-refractivity contribution is 5.93. The lowest BCUT2D eigenvalue weighted by Gasteiger charge is -2.33. The standard InChI is InChI=1S/C26H34N4O4/c1-26(2,3)34-25(32)29-15-11-23(12-16-29)33-22-8-6-20(7-9-22)28-24(31)19-10-14-30(18-19)21-5-4-13-27-17-21/h4-9,13,17,19,23H,10-12,14-16,18H2,1-3H3,(H,28,31)/t19-/m1/s1. The number of hydrogen-bond acceptors (Lipinski definition) is 6. The lowest BCUT2D eigenvalue weighted by molar-refractivity contribution is -0.119. The molecule has 0 aliphatic carbocycles. The van der Waals surface area contributed by atoms with Crippen LogP contribution in [0.2, 0.25) is 0 Å². The number of amides is 2. The zero-order valence-electron chi connectivity index (χ0n) is 20.2. The van der Waals surface area contributed by atoms with E-state index in [0.29, 0.717) is 19.6 Å². The zero-order chi connectivity index (χ0) is 24.1. The Morgan fingerprint density at radius 2 is 1.76 bits per heavy atom. The number of ether oxygens (including phenoxy) is 2. The van der Waals surface area contributed by atoms with Gasteiger partial charge >= 0.3 is 6.09 Å². The molecule has 34 heavy (non-hydrogen) atoms.